The van der Waals surface area contributed by atoms with Crippen molar-refractivity contribution in [3.05, 3.63) is 0 Å². The van der Waals surface area contributed by atoms with Crippen LogP contribution in [0.15, 0.2) is 0 Å². The van der Waals surface area contributed by atoms with Gasteiger partial charge in [0.25, 0.3) is 0 Å². The zero-order valence-electron chi connectivity index (χ0n) is 9.75. The first-order valence-electron chi connectivity index (χ1n) is 5.26. The lowest BCUT2D eigenvalue weighted by molar-refractivity contribution is -0.0246. The topological polar surface area (TPSA) is 55.7 Å². The van der Waals surface area contributed by atoms with Crippen molar-refractivity contribution in [1.82, 2.24) is 10.2 Å². The second kappa shape index (κ2) is 6.35. The Kier molecular flexibility index (Phi) is 6.27. The van der Waals surface area contributed by atoms with Gasteiger partial charge in [0.2, 0.25) is 0 Å². The Hall–Kier alpha value is -0.160. The van der Waals surface area contributed by atoms with Gasteiger partial charge in [-0.3, -0.25) is 10.2 Å². The van der Waals surface area contributed by atoms with Crippen molar-refractivity contribution >= 4 is 0 Å². The summed E-state index contributed by atoms with van der Waals surface area (Å²) in [5, 5.41) is 21.8. The van der Waals surface area contributed by atoms with Gasteiger partial charge in [0, 0.05) is 6.54 Å². The Morgan fingerprint density at radius 2 is 2.00 bits per heavy atom. The fourth-order valence-electron chi connectivity index (χ4n) is 1.05. The average Bonchev–Trinajstić information content (AvgIpc) is 2.01. The Labute approximate surface area is 86.9 Å². The minimum absolute atomic E-state index is 0.476. The van der Waals surface area contributed by atoms with Crippen molar-refractivity contribution in [3.63, 3.8) is 0 Å². The van der Waals surface area contributed by atoms with Gasteiger partial charge in [-0.05, 0) is 27.2 Å². The molecule has 0 heterocycles. The summed E-state index contributed by atoms with van der Waals surface area (Å²) in [6.45, 7) is 8.57. The third-order valence-corrected chi connectivity index (χ3v) is 2.04. The number of unbranched alkanes of at least 4 members (excludes halogenated alkanes) is 1. The third-order valence-electron chi connectivity index (χ3n) is 2.04. The Balaban J connectivity index is 3.85. The van der Waals surface area contributed by atoms with E-state index in [4.69, 9.17) is 0 Å². The maximum Gasteiger partial charge on any atom is 0.111 e. The molecule has 0 aromatic carbocycles. The summed E-state index contributed by atoms with van der Waals surface area (Å²) in [5.74, 6) is 0. The van der Waals surface area contributed by atoms with Crippen LogP contribution in [-0.4, -0.2) is 40.3 Å². The van der Waals surface area contributed by atoms with Crippen LogP contribution >= 0.6 is 0 Å². The Morgan fingerprint density at radius 1 is 1.43 bits per heavy atom. The molecule has 1 unspecified atom stereocenters. The quantitative estimate of drug-likeness (QED) is 0.534. The molecule has 0 aromatic heterocycles. The van der Waals surface area contributed by atoms with Crippen LogP contribution in [-0.2, 0) is 0 Å². The lowest BCUT2D eigenvalue weighted by atomic mass is 10.3. The van der Waals surface area contributed by atoms with Crippen LogP contribution in [0.1, 0.15) is 40.5 Å². The van der Waals surface area contributed by atoms with Crippen LogP contribution in [0.3, 0.4) is 0 Å². The number of aliphatic hydroxyl groups excluding tert-OH is 1. The highest BCUT2D eigenvalue weighted by Crippen LogP contribution is 2.01. The van der Waals surface area contributed by atoms with E-state index in [1.165, 1.54) is 0 Å². The molecule has 1 atom stereocenters. The van der Waals surface area contributed by atoms with E-state index >= 15 is 0 Å². The maximum absolute atomic E-state index is 9.45. The number of hydrogen-bond donors (Lipinski definition) is 3. The van der Waals surface area contributed by atoms with Gasteiger partial charge in [0.1, 0.15) is 12.0 Å². The van der Waals surface area contributed by atoms with Crippen molar-refractivity contribution in [3.8, 4) is 0 Å². The number of nitrogens with zero attached hydrogens (tertiary/aromatic N) is 1. The van der Waals surface area contributed by atoms with E-state index in [9.17, 15) is 10.2 Å². The summed E-state index contributed by atoms with van der Waals surface area (Å²) in [6.07, 6.45) is 1.68. The molecule has 0 fully saturated rings. The number of aliphatic hydroxyl groups is 2. The standard InChI is InChI=1S/C10H24N2O2/c1-5-6-7-12(9(2)13)8-11-10(3,4)14/h9,11,13-14H,5-8H2,1-4H3. The summed E-state index contributed by atoms with van der Waals surface area (Å²) < 4.78 is 0. The van der Waals surface area contributed by atoms with Crippen LogP contribution in [0.25, 0.3) is 0 Å². The molecule has 0 aromatic rings. The molecular formula is C10H24N2O2. The molecular weight excluding hydrogens is 180 g/mol. The van der Waals surface area contributed by atoms with E-state index in [1.54, 1.807) is 20.8 Å². The maximum atomic E-state index is 9.45. The third kappa shape index (κ3) is 7.26. The summed E-state index contributed by atoms with van der Waals surface area (Å²) in [5.41, 5.74) is -0.890. The molecule has 4 heteroatoms. The van der Waals surface area contributed by atoms with Crippen LogP contribution in [0.5, 0.6) is 0 Å². The number of rotatable bonds is 7. The van der Waals surface area contributed by atoms with Gasteiger partial charge in [0.05, 0.1) is 6.67 Å². The van der Waals surface area contributed by atoms with Gasteiger partial charge < -0.3 is 10.2 Å². The number of nitrogens with one attached hydrogen (secondary N) is 1. The minimum atomic E-state index is -0.890. The molecule has 0 aliphatic rings. The summed E-state index contributed by atoms with van der Waals surface area (Å²) in [4.78, 5) is 1.89. The minimum Gasteiger partial charge on any atom is -0.379 e. The van der Waals surface area contributed by atoms with E-state index in [0.717, 1.165) is 19.4 Å². The molecule has 0 aliphatic heterocycles. The van der Waals surface area contributed by atoms with Crippen molar-refractivity contribution in [1.29, 1.82) is 0 Å². The zero-order valence-corrected chi connectivity index (χ0v) is 9.75. The molecule has 86 valence electrons. The normalized spacial score (nSPS) is 14.8. The van der Waals surface area contributed by atoms with Crippen molar-refractivity contribution in [2.24, 2.45) is 0 Å². The highest BCUT2D eigenvalue weighted by molar-refractivity contribution is 4.64. The smallest absolute Gasteiger partial charge is 0.111 e. The fourth-order valence-corrected chi connectivity index (χ4v) is 1.05. The van der Waals surface area contributed by atoms with E-state index in [2.05, 4.69) is 12.2 Å². The van der Waals surface area contributed by atoms with Gasteiger partial charge in [-0.2, -0.15) is 0 Å². The van der Waals surface area contributed by atoms with Crippen molar-refractivity contribution < 1.29 is 10.2 Å². The van der Waals surface area contributed by atoms with Gasteiger partial charge in [0.15, 0.2) is 0 Å². The fraction of sp³-hybridized carbons (Fsp3) is 1.00. The Morgan fingerprint density at radius 3 is 2.36 bits per heavy atom. The highest BCUT2D eigenvalue weighted by Gasteiger charge is 2.15. The van der Waals surface area contributed by atoms with Crippen molar-refractivity contribution in [2.75, 3.05) is 13.2 Å². The molecule has 0 spiro atoms. The predicted molar refractivity (Wildman–Crippen MR) is 57.6 cm³/mol. The lowest BCUT2D eigenvalue weighted by Gasteiger charge is -2.29. The first-order valence-corrected chi connectivity index (χ1v) is 5.26. The first kappa shape index (κ1) is 13.8. The molecule has 0 amide bonds. The molecule has 0 bridgehead atoms. The zero-order chi connectivity index (χ0) is 11.2. The van der Waals surface area contributed by atoms with Crippen molar-refractivity contribution in [2.45, 2.75) is 52.5 Å². The van der Waals surface area contributed by atoms with Gasteiger partial charge >= 0.3 is 0 Å². The summed E-state index contributed by atoms with van der Waals surface area (Å²) in [7, 11) is 0. The molecule has 3 N–H and O–H groups in total. The SMILES string of the molecule is CCCCN(CNC(C)(C)O)C(C)O. The monoisotopic (exact) mass is 204 g/mol. The van der Waals surface area contributed by atoms with Crippen LogP contribution < -0.4 is 5.32 Å². The molecule has 14 heavy (non-hydrogen) atoms. The van der Waals surface area contributed by atoms with E-state index in [1.807, 2.05) is 4.90 Å². The predicted octanol–water partition coefficient (Wildman–Crippen LogP) is 0.702. The van der Waals surface area contributed by atoms with Crippen LogP contribution in [0.2, 0.25) is 0 Å². The first-order chi connectivity index (χ1) is 6.37. The summed E-state index contributed by atoms with van der Waals surface area (Å²) >= 11 is 0. The molecule has 0 rings (SSSR count). The second-order valence-electron chi connectivity index (χ2n) is 4.19. The molecule has 0 aliphatic carbocycles. The largest absolute Gasteiger partial charge is 0.379 e. The van der Waals surface area contributed by atoms with E-state index in [0.29, 0.717) is 6.67 Å². The van der Waals surface area contributed by atoms with Gasteiger partial charge in [-0.25, -0.2) is 0 Å². The van der Waals surface area contributed by atoms with E-state index < -0.39 is 12.0 Å². The van der Waals surface area contributed by atoms with Gasteiger partial charge in [-0.15, -0.1) is 0 Å². The van der Waals surface area contributed by atoms with E-state index in [-0.39, 0.29) is 0 Å². The second-order valence-corrected chi connectivity index (χ2v) is 4.19. The molecule has 0 saturated carbocycles. The molecule has 4 nitrogen and oxygen atoms in total. The molecule has 0 radical (unpaired) electrons. The lowest BCUT2D eigenvalue weighted by Crippen LogP contribution is -2.48. The summed E-state index contributed by atoms with van der Waals surface area (Å²) in [6, 6.07) is 0. The average molecular weight is 204 g/mol. The number of hydrogen-bond acceptors (Lipinski definition) is 4. The van der Waals surface area contributed by atoms with Crippen LogP contribution in [0.4, 0.5) is 0 Å². The molecule has 0 saturated heterocycles. The van der Waals surface area contributed by atoms with Gasteiger partial charge in [-0.1, -0.05) is 13.3 Å². The van der Waals surface area contributed by atoms with Crippen LogP contribution in [0, 0.1) is 0 Å². The highest BCUT2D eigenvalue weighted by atomic mass is 16.3. The Bertz CT molecular complexity index is 144.